The summed E-state index contributed by atoms with van der Waals surface area (Å²) in [6.45, 7) is 0. The van der Waals surface area contributed by atoms with Crippen LogP contribution in [0.5, 0.6) is 0 Å². The predicted octanol–water partition coefficient (Wildman–Crippen LogP) is 2.79. The van der Waals surface area contributed by atoms with Crippen molar-refractivity contribution in [1.82, 2.24) is 9.78 Å². The van der Waals surface area contributed by atoms with Gasteiger partial charge in [0.25, 0.3) is 0 Å². The second kappa shape index (κ2) is 4.25. The van der Waals surface area contributed by atoms with Crippen LogP contribution in [-0.2, 0) is 19.9 Å². The average molecular weight is 261 g/mol. The molecule has 0 amide bonds. The molecule has 0 aliphatic heterocycles. The molecule has 3 rings (SSSR count). The van der Waals surface area contributed by atoms with Crippen LogP contribution in [0.2, 0.25) is 5.02 Å². The molecule has 1 aliphatic carbocycles. The van der Waals surface area contributed by atoms with Gasteiger partial charge >= 0.3 is 0 Å². The molecule has 3 nitrogen and oxygen atoms in total. The molecule has 1 aromatic carbocycles. The number of nitrogens with zero attached hydrogens (tertiary/aromatic N) is 2. The van der Waals surface area contributed by atoms with E-state index in [0.29, 0.717) is 16.3 Å². The first-order valence-corrected chi connectivity index (χ1v) is 6.38. The predicted molar refractivity (Wildman–Crippen MR) is 70.1 cm³/mol. The molecule has 0 radical (unpaired) electrons. The Kier molecular flexibility index (Phi) is 2.71. The Hall–Kier alpha value is -1.61. The van der Waals surface area contributed by atoms with Crippen LogP contribution >= 0.6 is 11.6 Å². The Labute approximate surface area is 110 Å². The minimum atomic E-state index is -0.0605. The molecule has 0 unspecified atom stereocenters. The third kappa shape index (κ3) is 1.75. The van der Waals surface area contributed by atoms with Gasteiger partial charge < -0.3 is 0 Å². The van der Waals surface area contributed by atoms with E-state index < -0.39 is 0 Å². The monoisotopic (exact) mass is 260 g/mol. The van der Waals surface area contributed by atoms with Gasteiger partial charge in [-0.2, -0.15) is 5.10 Å². The number of rotatable bonds is 2. The van der Waals surface area contributed by atoms with Crippen LogP contribution in [0, 0.1) is 0 Å². The van der Waals surface area contributed by atoms with Gasteiger partial charge in [0, 0.05) is 12.6 Å². The fraction of sp³-hybridized carbons (Fsp3) is 0.286. The van der Waals surface area contributed by atoms with Gasteiger partial charge in [-0.1, -0.05) is 23.7 Å². The van der Waals surface area contributed by atoms with Crippen LogP contribution in [0.25, 0.3) is 0 Å². The number of aromatic nitrogens is 2. The van der Waals surface area contributed by atoms with Gasteiger partial charge in [-0.3, -0.25) is 9.48 Å². The molecule has 0 spiro atoms. The lowest BCUT2D eigenvalue weighted by Gasteiger charge is -2.05. The van der Waals surface area contributed by atoms with Crippen LogP contribution in [0.4, 0.5) is 0 Å². The molecule has 0 N–H and O–H groups in total. The number of carbonyl (C=O) groups excluding carboxylic acids is 1. The lowest BCUT2D eigenvalue weighted by atomic mass is 10.0. The molecular formula is C14H13ClN2O. The summed E-state index contributed by atoms with van der Waals surface area (Å²) < 4.78 is 1.53. The maximum atomic E-state index is 12.4. The van der Waals surface area contributed by atoms with Crippen molar-refractivity contribution in [2.75, 3.05) is 0 Å². The third-order valence-electron chi connectivity index (χ3n) is 3.47. The summed E-state index contributed by atoms with van der Waals surface area (Å²) in [4.78, 5) is 12.4. The number of carbonyl (C=O) groups is 1. The Morgan fingerprint density at radius 3 is 2.83 bits per heavy atom. The summed E-state index contributed by atoms with van der Waals surface area (Å²) in [5, 5.41) is 4.40. The molecule has 1 aliphatic rings. The van der Waals surface area contributed by atoms with E-state index in [0.717, 1.165) is 12.8 Å². The van der Waals surface area contributed by atoms with Gasteiger partial charge in [0.15, 0.2) is 0 Å². The standard InChI is InChI=1S/C14H13ClN2O/c1-17-13(12(15)8-16-17)14(18)11-6-5-9-3-2-4-10(9)7-11/h5-8H,2-4H2,1H3. The second-order valence-electron chi connectivity index (χ2n) is 4.63. The highest BCUT2D eigenvalue weighted by Crippen LogP contribution is 2.25. The van der Waals surface area contributed by atoms with Crippen molar-refractivity contribution < 1.29 is 4.79 Å². The van der Waals surface area contributed by atoms with E-state index in [4.69, 9.17) is 11.6 Å². The van der Waals surface area contributed by atoms with E-state index in [1.807, 2.05) is 12.1 Å². The molecule has 2 aromatic rings. The van der Waals surface area contributed by atoms with Crippen LogP contribution in [0.1, 0.15) is 33.6 Å². The summed E-state index contributed by atoms with van der Waals surface area (Å²) in [5.41, 5.74) is 3.80. The number of fused-ring (bicyclic) bond motifs is 1. The normalized spacial score (nSPS) is 13.7. The van der Waals surface area contributed by atoms with Gasteiger partial charge in [-0.25, -0.2) is 0 Å². The first kappa shape index (κ1) is 11.5. The molecule has 92 valence electrons. The fourth-order valence-corrected chi connectivity index (χ4v) is 2.77. The minimum Gasteiger partial charge on any atom is -0.287 e. The molecule has 0 bridgehead atoms. The Morgan fingerprint density at radius 2 is 2.11 bits per heavy atom. The van der Waals surface area contributed by atoms with Crippen LogP contribution in [0.3, 0.4) is 0 Å². The Balaban J connectivity index is 2.03. The SMILES string of the molecule is Cn1ncc(Cl)c1C(=O)c1ccc2c(c1)CCC2. The first-order chi connectivity index (χ1) is 8.66. The molecule has 1 aromatic heterocycles. The molecule has 18 heavy (non-hydrogen) atoms. The van der Waals surface area contributed by atoms with Crippen molar-refractivity contribution in [2.24, 2.45) is 7.05 Å². The van der Waals surface area contributed by atoms with E-state index in [9.17, 15) is 4.79 Å². The minimum absolute atomic E-state index is 0.0605. The van der Waals surface area contributed by atoms with E-state index in [2.05, 4.69) is 11.2 Å². The quantitative estimate of drug-likeness (QED) is 0.779. The van der Waals surface area contributed by atoms with E-state index >= 15 is 0 Å². The topological polar surface area (TPSA) is 34.9 Å². The highest BCUT2D eigenvalue weighted by Gasteiger charge is 2.19. The molecular weight excluding hydrogens is 248 g/mol. The summed E-state index contributed by atoms with van der Waals surface area (Å²) in [6.07, 6.45) is 4.87. The van der Waals surface area contributed by atoms with Crippen LogP contribution in [-0.4, -0.2) is 15.6 Å². The van der Waals surface area contributed by atoms with Crippen molar-refractivity contribution in [3.8, 4) is 0 Å². The van der Waals surface area contributed by atoms with Crippen LogP contribution < -0.4 is 0 Å². The van der Waals surface area contributed by atoms with E-state index in [1.54, 1.807) is 7.05 Å². The number of halogens is 1. The molecule has 0 saturated heterocycles. The largest absolute Gasteiger partial charge is 0.287 e. The smallest absolute Gasteiger partial charge is 0.212 e. The van der Waals surface area contributed by atoms with E-state index in [-0.39, 0.29) is 5.78 Å². The highest BCUT2D eigenvalue weighted by atomic mass is 35.5. The summed E-state index contributed by atoms with van der Waals surface area (Å²) in [6, 6.07) is 5.93. The van der Waals surface area contributed by atoms with Crippen molar-refractivity contribution in [3.63, 3.8) is 0 Å². The molecule has 0 atom stereocenters. The average Bonchev–Trinajstić information content (AvgIpc) is 2.94. The highest BCUT2D eigenvalue weighted by molar-refractivity contribution is 6.34. The molecule has 1 heterocycles. The zero-order valence-corrected chi connectivity index (χ0v) is 10.9. The molecule has 0 fully saturated rings. The van der Waals surface area contributed by atoms with Crippen molar-refractivity contribution in [1.29, 1.82) is 0 Å². The number of benzene rings is 1. The molecule has 4 heteroatoms. The lowest BCUT2D eigenvalue weighted by Crippen LogP contribution is -2.09. The van der Waals surface area contributed by atoms with Gasteiger partial charge in [0.1, 0.15) is 5.69 Å². The van der Waals surface area contributed by atoms with Crippen LogP contribution in [0.15, 0.2) is 24.4 Å². The zero-order valence-electron chi connectivity index (χ0n) is 10.1. The lowest BCUT2D eigenvalue weighted by molar-refractivity contribution is 0.103. The Morgan fingerprint density at radius 1 is 1.33 bits per heavy atom. The number of hydrogen-bond acceptors (Lipinski definition) is 2. The van der Waals surface area contributed by atoms with E-state index in [1.165, 1.54) is 28.4 Å². The van der Waals surface area contributed by atoms with Crippen molar-refractivity contribution >= 4 is 17.4 Å². The second-order valence-corrected chi connectivity index (χ2v) is 5.04. The Bertz CT molecular complexity index is 611. The zero-order chi connectivity index (χ0) is 12.7. The fourth-order valence-electron chi connectivity index (χ4n) is 2.52. The number of ketones is 1. The van der Waals surface area contributed by atoms with Gasteiger partial charge in [-0.05, 0) is 36.5 Å². The maximum absolute atomic E-state index is 12.4. The van der Waals surface area contributed by atoms with Crippen molar-refractivity contribution in [3.05, 3.63) is 51.8 Å². The first-order valence-electron chi connectivity index (χ1n) is 6.01. The van der Waals surface area contributed by atoms with Gasteiger partial charge in [0.05, 0.1) is 11.2 Å². The van der Waals surface area contributed by atoms with Crippen molar-refractivity contribution in [2.45, 2.75) is 19.3 Å². The van der Waals surface area contributed by atoms with Gasteiger partial charge in [0.2, 0.25) is 5.78 Å². The third-order valence-corrected chi connectivity index (χ3v) is 3.75. The molecule has 0 saturated carbocycles. The summed E-state index contributed by atoms with van der Waals surface area (Å²) in [7, 11) is 1.73. The van der Waals surface area contributed by atoms with Gasteiger partial charge in [-0.15, -0.1) is 0 Å². The number of hydrogen-bond donors (Lipinski definition) is 0. The maximum Gasteiger partial charge on any atom is 0.212 e. The summed E-state index contributed by atoms with van der Waals surface area (Å²) in [5.74, 6) is -0.0605. The summed E-state index contributed by atoms with van der Waals surface area (Å²) >= 11 is 6.00. The number of aryl methyl sites for hydroxylation is 3.